The largest absolute Gasteiger partial charge is 0.350 e. The first kappa shape index (κ1) is 17.5. The molecule has 132 valence electrons. The third kappa shape index (κ3) is 3.55. The number of benzene rings is 1. The molecule has 9 heteroatoms. The highest BCUT2D eigenvalue weighted by atomic mass is 32.2. The van der Waals surface area contributed by atoms with Gasteiger partial charge in [0.1, 0.15) is 5.82 Å². The Balaban J connectivity index is 2.22. The van der Waals surface area contributed by atoms with Crippen LogP contribution in [0.3, 0.4) is 0 Å². The number of nitrogens with one attached hydrogen (secondary N) is 1. The molecule has 25 heavy (non-hydrogen) atoms. The molecule has 0 spiro atoms. The van der Waals surface area contributed by atoms with E-state index in [-0.39, 0.29) is 22.5 Å². The normalized spacial score (nSPS) is 11.8. The minimum Gasteiger partial charge on any atom is -0.285 e. The quantitative estimate of drug-likeness (QED) is 0.698. The van der Waals surface area contributed by atoms with E-state index in [1.54, 1.807) is 12.1 Å². The smallest absolute Gasteiger partial charge is 0.285 e. The minimum absolute atomic E-state index is 0.0154. The van der Waals surface area contributed by atoms with E-state index in [0.29, 0.717) is 16.8 Å². The Morgan fingerprint density at radius 3 is 2.52 bits per heavy atom. The summed E-state index contributed by atoms with van der Waals surface area (Å²) in [5.41, 5.74) is 1.58. The number of aromatic amines is 1. The molecule has 0 aliphatic carbocycles. The summed E-state index contributed by atoms with van der Waals surface area (Å²) in [6.07, 6.45) is -2.51. The number of rotatable bonds is 5. The molecule has 0 unspecified atom stereocenters. The molecule has 0 aliphatic rings. The zero-order valence-electron chi connectivity index (χ0n) is 13.5. The number of thioether (sulfide) groups is 1. The third-order valence-electron chi connectivity index (χ3n) is 3.53. The number of alkyl halides is 2. The number of halogens is 3. The van der Waals surface area contributed by atoms with E-state index in [2.05, 4.69) is 15.1 Å². The zero-order chi connectivity index (χ0) is 18.1. The van der Waals surface area contributed by atoms with Crippen molar-refractivity contribution in [2.45, 2.75) is 31.3 Å². The molecule has 0 aliphatic heterocycles. The molecule has 1 aromatic carbocycles. The summed E-state index contributed by atoms with van der Waals surface area (Å²) in [7, 11) is 0. The van der Waals surface area contributed by atoms with Crippen molar-refractivity contribution in [2.75, 3.05) is 5.75 Å². The Morgan fingerprint density at radius 2 is 1.92 bits per heavy atom. The van der Waals surface area contributed by atoms with E-state index in [4.69, 9.17) is 0 Å². The van der Waals surface area contributed by atoms with E-state index in [1.165, 1.54) is 12.1 Å². The molecule has 2 aromatic heterocycles. The number of H-pyrrole nitrogens is 1. The van der Waals surface area contributed by atoms with Gasteiger partial charge in [0, 0.05) is 0 Å². The first-order valence-corrected chi connectivity index (χ1v) is 8.55. The maximum atomic E-state index is 13.2. The fourth-order valence-electron chi connectivity index (χ4n) is 2.45. The van der Waals surface area contributed by atoms with Crippen molar-refractivity contribution in [2.24, 2.45) is 0 Å². The van der Waals surface area contributed by atoms with Crippen molar-refractivity contribution in [1.29, 1.82) is 0 Å². The van der Waals surface area contributed by atoms with Crippen LogP contribution >= 0.6 is 11.8 Å². The van der Waals surface area contributed by atoms with Gasteiger partial charge in [0.25, 0.3) is 0 Å². The molecule has 0 bridgehead atoms. The summed E-state index contributed by atoms with van der Waals surface area (Å²) in [5.74, 6) is -0.875. The Morgan fingerprint density at radius 1 is 1.24 bits per heavy atom. The molecule has 5 nitrogen and oxygen atoms in total. The van der Waals surface area contributed by atoms with Crippen LogP contribution in [0.2, 0.25) is 0 Å². The van der Waals surface area contributed by atoms with E-state index in [9.17, 15) is 18.0 Å². The third-order valence-corrected chi connectivity index (χ3v) is 4.41. The van der Waals surface area contributed by atoms with E-state index < -0.39 is 17.9 Å². The first-order valence-electron chi connectivity index (χ1n) is 7.56. The van der Waals surface area contributed by atoms with Crippen LogP contribution in [0.4, 0.5) is 13.2 Å². The molecular formula is C16H15F3N4OS. The maximum Gasteiger partial charge on any atom is 0.350 e. The second-order valence-electron chi connectivity index (χ2n) is 5.71. The lowest BCUT2D eigenvalue weighted by molar-refractivity contribution is 0.176. The van der Waals surface area contributed by atoms with Gasteiger partial charge in [-0.05, 0) is 23.6 Å². The number of aromatic nitrogens is 4. The van der Waals surface area contributed by atoms with Crippen LogP contribution in [0.15, 0.2) is 34.2 Å². The first-order chi connectivity index (χ1) is 11.9. The van der Waals surface area contributed by atoms with Crippen molar-refractivity contribution in [3.8, 4) is 11.1 Å². The van der Waals surface area contributed by atoms with E-state index in [0.717, 1.165) is 16.3 Å². The Kier molecular flexibility index (Phi) is 4.85. The van der Waals surface area contributed by atoms with Crippen LogP contribution in [-0.2, 0) is 0 Å². The number of hydrogen-bond donors (Lipinski definition) is 1. The van der Waals surface area contributed by atoms with Gasteiger partial charge in [-0.2, -0.15) is 9.61 Å². The van der Waals surface area contributed by atoms with Crippen LogP contribution in [-0.4, -0.2) is 31.8 Å². The SMILES string of the molecule is CC(C)c1nn2c(=O)[nH]c(SCC(F)F)nc2c1-c1ccc(F)cc1. The Hall–Kier alpha value is -2.29. The summed E-state index contributed by atoms with van der Waals surface area (Å²) < 4.78 is 39.2. The number of fused-ring (bicyclic) bond motifs is 1. The fraction of sp³-hybridized carbons (Fsp3) is 0.312. The summed E-state index contributed by atoms with van der Waals surface area (Å²) in [6.45, 7) is 3.82. The van der Waals surface area contributed by atoms with Crippen LogP contribution in [0.1, 0.15) is 25.5 Å². The van der Waals surface area contributed by atoms with Crippen molar-refractivity contribution >= 4 is 17.4 Å². The molecule has 0 amide bonds. The average molecular weight is 368 g/mol. The summed E-state index contributed by atoms with van der Waals surface area (Å²) >= 11 is 0.764. The van der Waals surface area contributed by atoms with Crippen LogP contribution < -0.4 is 5.69 Å². The van der Waals surface area contributed by atoms with Gasteiger partial charge >= 0.3 is 5.69 Å². The van der Waals surface area contributed by atoms with Gasteiger partial charge in [0.05, 0.1) is 17.0 Å². The zero-order valence-corrected chi connectivity index (χ0v) is 14.3. The predicted molar refractivity (Wildman–Crippen MR) is 89.8 cm³/mol. The van der Waals surface area contributed by atoms with Gasteiger partial charge < -0.3 is 0 Å². The van der Waals surface area contributed by atoms with Gasteiger partial charge in [-0.3, -0.25) is 4.98 Å². The lowest BCUT2D eigenvalue weighted by Gasteiger charge is -2.06. The summed E-state index contributed by atoms with van der Waals surface area (Å²) in [5, 5.41) is 4.40. The van der Waals surface area contributed by atoms with E-state index >= 15 is 0 Å². The molecular weight excluding hydrogens is 353 g/mol. The standard InChI is InChI=1S/C16H15F3N4OS/c1-8(2)13-12(9-3-5-10(17)6-4-9)14-20-15(25-7-11(18)19)21-16(24)23(14)22-13/h3-6,8,11H,7H2,1-2H3,(H,20,21,24). The van der Waals surface area contributed by atoms with Crippen LogP contribution in [0, 0.1) is 5.82 Å². The molecule has 2 heterocycles. The van der Waals surface area contributed by atoms with Crippen molar-refractivity contribution in [3.05, 3.63) is 46.3 Å². The molecule has 0 saturated carbocycles. The van der Waals surface area contributed by atoms with Gasteiger partial charge in [-0.15, -0.1) is 0 Å². The van der Waals surface area contributed by atoms with Gasteiger partial charge in [0.2, 0.25) is 6.43 Å². The molecule has 3 aromatic rings. The second-order valence-corrected chi connectivity index (χ2v) is 6.72. The lowest BCUT2D eigenvalue weighted by Crippen LogP contribution is -2.19. The van der Waals surface area contributed by atoms with Crippen LogP contribution in [0.5, 0.6) is 0 Å². The van der Waals surface area contributed by atoms with Gasteiger partial charge in [-0.1, -0.05) is 37.7 Å². The highest BCUT2D eigenvalue weighted by Crippen LogP contribution is 2.32. The topological polar surface area (TPSA) is 63.1 Å². The monoisotopic (exact) mass is 368 g/mol. The Labute approximate surface area is 145 Å². The van der Waals surface area contributed by atoms with Gasteiger partial charge in [-0.25, -0.2) is 22.9 Å². The molecule has 0 fully saturated rings. The van der Waals surface area contributed by atoms with Crippen molar-refractivity contribution < 1.29 is 13.2 Å². The van der Waals surface area contributed by atoms with Gasteiger partial charge in [0.15, 0.2) is 10.8 Å². The summed E-state index contributed by atoms with van der Waals surface area (Å²) in [4.78, 5) is 19.0. The molecule has 0 radical (unpaired) electrons. The molecule has 3 rings (SSSR count). The fourth-order valence-corrected chi connectivity index (χ4v) is 3.04. The van der Waals surface area contributed by atoms with Crippen molar-refractivity contribution in [1.82, 2.24) is 19.6 Å². The highest BCUT2D eigenvalue weighted by Gasteiger charge is 2.21. The minimum atomic E-state index is -2.51. The second kappa shape index (κ2) is 6.91. The molecule has 0 atom stereocenters. The summed E-state index contributed by atoms with van der Waals surface area (Å²) in [6, 6.07) is 5.77. The predicted octanol–water partition coefficient (Wildman–Crippen LogP) is 3.70. The van der Waals surface area contributed by atoms with E-state index in [1.807, 2.05) is 13.8 Å². The molecule has 0 saturated heterocycles. The number of nitrogens with zero attached hydrogens (tertiary/aromatic N) is 3. The highest BCUT2D eigenvalue weighted by molar-refractivity contribution is 7.99. The number of hydrogen-bond acceptors (Lipinski definition) is 4. The maximum absolute atomic E-state index is 13.2. The Bertz CT molecular complexity index is 950. The molecule has 1 N–H and O–H groups in total. The lowest BCUT2D eigenvalue weighted by atomic mass is 9.99. The van der Waals surface area contributed by atoms with Crippen molar-refractivity contribution in [3.63, 3.8) is 0 Å². The average Bonchev–Trinajstić information content (AvgIpc) is 2.94. The van der Waals surface area contributed by atoms with Crippen LogP contribution in [0.25, 0.3) is 16.8 Å².